The zero-order valence-electron chi connectivity index (χ0n) is 11.3. The average molecular weight is 265 g/mol. The molecule has 0 bridgehead atoms. The molecule has 2 heterocycles. The molecule has 1 aromatic rings. The van der Waals surface area contributed by atoms with Crippen molar-refractivity contribution >= 4 is 11.8 Å². The summed E-state index contributed by atoms with van der Waals surface area (Å²) in [6, 6.07) is 4.11. The average Bonchev–Trinajstić information content (AvgIpc) is 2.75. The minimum Gasteiger partial charge on any atom is -0.464 e. The fourth-order valence-electron chi connectivity index (χ4n) is 2.13. The van der Waals surface area contributed by atoms with Crippen LogP contribution in [0.2, 0.25) is 0 Å². The monoisotopic (exact) mass is 265 g/mol. The Bertz CT molecular complexity index is 426. The smallest absolute Gasteiger partial charge is 0.358 e. The van der Waals surface area contributed by atoms with Crippen molar-refractivity contribution in [2.45, 2.75) is 25.9 Å². The summed E-state index contributed by atoms with van der Waals surface area (Å²) < 4.78 is 4.57. The molecular weight excluding hydrogens is 246 g/mol. The number of nitrogens with zero attached hydrogens (tertiary/aromatic N) is 2. The second kappa shape index (κ2) is 5.94. The first-order valence-corrected chi connectivity index (χ1v) is 6.28. The molecule has 2 unspecified atom stereocenters. The van der Waals surface area contributed by atoms with Crippen LogP contribution in [0.1, 0.15) is 24.3 Å². The van der Waals surface area contributed by atoms with E-state index >= 15 is 0 Å². The summed E-state index contributed by atoms with van der Waals surface area (Å²) in [7, 11) is 1.32. The van der Waals surface area contributed by atoms with Crippen LogP contribution < -0.4 is 16.2 Å². The summed E-state index contributed by atoms with van der Waals surface area (Å²) in [5.74, 6) is 0.631. The maximum absolute atomic E-state index is 11.2. The third-order valence-corrected chi connectivity index (χ3v) is 3.40. The first-order chi connectivity index (χ1) is 9.11. The number of rotatable bonds is 4. The van der Waals surface area contributed by atoms with Crippen molar-refractivity contribution in [3.05, 3.63) is 17.8 Å². The van der Waals surface area contributed by atoms with Gasteiger partial charge in [-0.25, -0.2) is 4.79 Å². The number of esters is 1. The van der Waals surface area contributed by atoms with E-state index in [2.05, 4.69) is 45.0 Å². The largest absolute Gasteiger partial charge is 0.464 e. The van der Waals surface area contributed by atoms with Crippen LogP contribution in [0.5, 0.6) is 0 Å². The number of hydrogen-bond acceptors (Lipinski definition) is 7. The van der Waals surface area contributed by atoms with Crippen LogP contribution in [0.4, 0.5) is 5.82 Å². The third kappa shape index (κ3) is 3.18. The van der Waals surface area contributed by atoms with Crippen LogP contribution >= 0.6 is 0 Å². The lowest BCUT2D eigenvalue weighted by Gasteiger charge is -2.18. The Labute approximate surface area is 112 Å². The van der Waals surface area contributed by atoms with E-state index in [1.807, 2.05) is 0 Å². The summed E-state index contributed by atoms with van der Waals surface area (Å²) >= 11 is 0. The predicted octanol–water partition coefficient (Wildman–Crippen LogP) is 0.176. The summed E-state index contributed by atoms with van der Waals surface area (Å²) in [4.78, 5) is 11.2. The zero-order chi connectivity index (χ0) is 13.8. The normalized spacial score (nSPS) is 26.2. The van der Waals surface area contributed by atoms with Crippen molar-refractivity contribution in [2.75, 3.05) is 19.0 Å². The third-order valence-electron chi connectivity index (χ3n) is 3.40. The molecule has 1 saturated heterocycles. The van der Waals surface area contributed by atoms with Gasteiger partial charge in [-0.15, -0.1) is 10.2 Å². The highest BCUT2D eigenvalue weighted by atomic mass is 16.5. The molecule has 0 aliphatic carbocycles. The molecule has 19 heavy (non-hydrogen) atoms. The van der Waals surface area contributed by atoms with Gasteiger partial charge in [-0.05, 0) is 26.0 Å². The van der Waals surface area contributed by atoms with E-state index in [-0.39, 0.29) is 5.69 Å². The summed E-state index contributed by atoms with van der Waals surface area (Å²) in [5, 5.41) is 11.0. The molecule has 1 aliphatic heterocycles. The number of carbonyl (C=O) groups excluding carboxylic acids is 1. The van der Waals surface area contributed by atoms with Gasteiger partial charge in [0.15, 0.2) is 5.69 Å². The number of ether oxygens (including phenoxy) is 1. The summed E-state index contributed by atoms with van der Waals surface area (Å²) in [6.07, 6.45) is 0. The van der Waals surface area contributed by atoms with Crippen molar-refractivity contribution in [1.82, 2.24) is 21.0 Å². The highest BCUT2D eigenvalue weighted by Crippen LogP contribution is 2.15. The number of nitrogens with one attached hydrogen (secondary N) is 3. The summed E-state index contributed by atoms with van der Waals surface area (Å²) in [6.45, 7) is 5.05. The van der Waals surface area contributed by atoms with Gasteiger partial charge in [0, 0.05) is 24.5 Å². The van der Waals surface area contributed by atoms with Crippen LogP contribution in [-0.4, -0.2) is 41.9 Å². The van der Waals surface area contributed by atoms with Crippen molar-refractivity contribution in [3.63, 3.8) is 0 Å². The van der Waals surface area contributed by atoms with Gasteiger partial charge in [-0.3, -0.25) is 10.9 Å². The maximum Gasteiger partial charge on any atom is 0.358 e. The van der Waals surface area contributed by atoms with Gasteiger partial charge in [0.25, 0.3) is 0 Å². The zero-order valence-corrected chi connectivity index (χ0v) is 11.3. The molecule has 7 heteroatoms. The molecule has 3 N–H and O–H groups in total. The topological polar surface area (TPSA) is 88.2 Å². The number of hydrogen-bond donors (Lipinski definition) is 3. The molecule has 0 radical (unpaired) electrons. The van der Waals surface area contributed by atoms with Crippen molar-refractivity contribution in [2.24, 2.45) is 5.92 Å². The Kier molecular flexibility index (Phi) is 4.28. The maximum atomic E-state index is 11.2. The first kappa shape index (κ1) is 13.7. The van der Waals surface area contributed by atoms with Gasteiger partial charge in [0.1, 0.15) is 5.82 Å². The lowest BCUT2D eigenvalue weighted by atomic mass is 9.97. The molecule has 104 valence electrons. The second-order valence-corrected chi connectivity index (χ2v) is 4.71. The first-order valence-electron chi connectivity index (χ1n) is 6.28. The Morgan fingerprint density at radius 2 is 2.00 bits per heavy atom. The van der Waals surface area contributed by atoms with E-state index in [1.54, 1.807) is 12.1 Å². The molecule has 2 rings (SSSR count). The van der Waals surface area contributed by atoms with Gasteiger partial charge in [-0.2, -0.15) is 0 Å². The van der Waals surface area contributed by atoms with Crippen LogP contribution in [0.15, 0.2) is 12.1 Å². The Balaban J connectivity index is 1.91. The minimum atomic E-state index is -0.481. The van der Waals surface area contributed by atoms with Crippen LogP contribution in [0.25, 0.3) is 0 Å². The van der Waals surface area contributed by atoms with Gasteiger partial charge in [-0.1, -0.05) is 0 Å². The molecule has 0 aromatic carbocycles. The molecular formula is C12H19N5O2. The van der Waals surface area contributed by atoms with Crippen LogP contribution in [0.3, 0.4) is 0 Å². The molecule has 0 spiro atoms. The van der Waals surface area contributed by atoms with E-state index < -0.39 is 5.97 Å². The van der Waals surface area contributed by atoms with Gasteiger partial charge >= 0.3 is 5.97 Å². The van der Waals surface area contributed by atoms with Crippen molar-refractivity contribution in [1.29, 1.82) is 0 Å². The van der Waals surface area contributed by atoms with Gasteiger partial charge < -0.3 is 10.1 Å². The van der Waals surface area contributed by atoms with Gasteiger partial charge in [0.05, 0.1) is 7.11 Å². The fraction of sp³-hybridized carbons (Fsp3) is 0.583. The minimum absolute atomic E-state index is 0.207. The van der Waals surface area contributed by atoms with E-state index in [9.17, 15) is 4.79 Å². The van der Waals surface area contributed by atoms with Crippen LogP contribution in [0, 0.1) is 5.92 Å². The Morgan fingerprint density at radius 1 is 1.32 bits per heavy atom. The SMILES string of the molecule is COC(=O)c1ccc(NCC2C(C)NNC2C)nn1. The molecule has 0 amide bonds. The van der Waals surface area contributed by atoms with Gasteiger partial charge in [0.2, 0.25) is 0 Å². The van der Waals surface area contributed by atoms with Crippen LogP contribution in [-0.2, 0) is 4.74 Å². The van der Waals surface area contributed by atoms with Crippen molar-refractivity contribution < 1.29 is 9.53 Å². The van der Waals surface area contributed by atoms with Crippen molar-refractivity contribution in [3.8, 4) is 0 Å². The number of anilines is 1. The predicted molar refractivity (Wildman–Crippen MR) is 70.5 cm³/mol. The number of aromatic nitrogens is 2. The number of carbonyl (C=O) groups is 1. The Morgan fingerprint density at radius 3 is 2.53 bits per heavy atom. The van der Waals surface area contributed by atoms with E-state index in [1.165, 1.54) is 7.11 Å². The fourth-order valence-corrected chi connectivity index (χ4v) is 2.13. The lowest BCUT2D eigenvalue weighted by molar-refractivity contribution is 0.0593. The Hall–Kier alpha value is -1.73. The summed E-state index contributed by atoms with van der Waals surface area (Å²) in [5.41, 5.74) is 6.61. The molecule has 1 aliphatic rings. The van der Waals surface area contributed by atoms with E-state index in [0.29, 0.717) is 23.8 Å². The molecule has 1 fully saturated rings. The standard InChI is InChI=1S/C12H19N5O2/c1-7-9(8(2)15-14-7)6-13-11-5-4-10(16-17-11)12(18)19-3/h4-5,7-9,14-15H,6H2,1-3H3,(H,13,17). The second-order valence-electron chi connectivity index (χ2n) is 4.71. The van der Waals surface area contributed by atoms with E-state index in [4.69, 9.17) is 0 Å². The molecule has 7 nitrogen and oxygen atoms in total. The number of hydrazine groups is 1. The molecule has 2 atom stereocenters. The highest BCUT2D eigenvalue weighted by Gasteiger charge is 2.29. The highest BCUT2D eigenvalue weighted by molar-refractivity contribution is 5.86. The van der Waals surface area contributed by atoms with E-state index in [0.717, 1.165) is 6.54 Å². The quantitative estimate of drug-likeness (QED) is 0.669. The lowest BCUT2D eigenvalue weighted by Crippen LogP contribution is -2.30. The molecule has 0 saturated carbocycles. The number of methoxy groups -OCH3 is 1. The molecule has 1 aromatic heterocycles.